The van der Waals surface area contributed by atoms with Crippen molar-refractivity contribution in [2.45, 2.75) is 52.3 Å². The molecule has 4 heteroatoms. The maximum Gasteiger partial charge on any atom is 0.410 e. The first-order valence-electron chi connectivity index (χ1n) is 8.12. The summed E-state index contributed by atoms with van der Waals surface area (Å²) in [5.74, 6) is 0.548. The van der Waals surface area contributed by atoms with Gasteiger partial charge in [0.15, 0.2) is 0 Å². The molecule has 122 valence electrons. The second-order valence-electron chi connectivity index (χ2n) is 6.99. The van der Waals surface area contributed by atoms with Gasteiger partial charge in [-0.3, -0.25) is 0 Å². The summed E-state index contributed by atoms with van der Waals surface area (Å²) >= 11 is 0. The summed E-state index contributed by atoms with van der Waals surface area (Å²) in [4.78, 5) is 13.9. The number of nitrogens with one attached hydrogen (secondary N) is 1. The minimum Gasteiger partial charge on any atom is -0.445 e. The van der Waals surface area contributed by atoms with Gasteiger partial charge in [0, 0.05) is 24.7 Å². The van der Waals surface area contributed by atoms with E-state index in [1.807, 2.05) is 30.3 Å². The highest BCUT2D eigenvalue weighted by Gasteiger charge is 2.32. The van der Waals surface area contributed by atoms with Crippen molar-refractivity contribution in [1.82, 2.24) is 10.2 Å². The van der Waals surface area contributed by atoms with Crippen molar-refractivity contribution < 1.29 is 9.53 Å². The lowest BCUT2D eigenvalue weighted by molar-refractivity contribution is 0.103. The fraction of sp³-hybridized carbons (Fsp3) is 0.611. The highest BCUT2D eigenvalue weighted by atomic mass is 16.6. The standard InChI is InChI=1S/C18H28N2O2/c1-14(2)18(3,4)19-16-10-11-20(12-16)17(21)22-13-15-8-6-5-7-9-15/h5-9,14,16,19H,10-13H2,1-4H3. The summed E-state index contributed by atoms with van der Waals surface area (Å²) in [6.45, 7) is 10.7. The summed E-state index contributed by atoms with van der Waals surface area (Å²) in [6.07, 6.45) is 0.770. The van der Waals surface area contributed by atoms with E-state index in [9.17, 15) is 4.79 Å². The average molecular weight is 304 g/mol. The zero-order valence-corrected chi connectivity index (χ0v) is 14.1. The molecule has 0 radical (unpaired) electrons. The Hall–Kier alpha value is -1.55. The van der Waals surface area contributed by atoms with Crippen molar-refractivity contribution in [1.29, 1.82) is 0 Å². The van der Waals surface area contributed by atoms with E-state index >= 15 is 0 Å². The van der Waals surface area contributed by atoms with Gasteiger partial charge in [-0.2, -0.15) is 0 Å². The Kier molecular flexibility index (Phi) is 5.46. The Bertz CT molecular complexity index is 485. The van der Waals surface area contributed by atoms with Crippen LogP contribution in [-0.2, 0) is 11.3 Å². The molecule has 0 aliphatic carbocycles. The van der Waals surface area contributed by atoms with Gasteiger partial charge in [0.2, 0.25) is 0 Å². The number of carbonyl (C=O) groups is 1. The molecule has 1 atom stereocenters. The maximum absolute atomic E-state index is 12.1. The predicted octanol–water partition coefficient (Wildman–Crippen LogP) is 3.42. The maximum atomic E-state index is 12.1. The molecule has 2 rings (SSSR count). The van der Waals surface area contributed by atoms with Gasteiger partial charge in [-0.25, -0.2) is 4.79 Å². The van der Waals surface area contributed by atoms with Gasteiger partial charge < -0.3 is 15.0 Å². The number of nitrogens with zero attached hydrogens (tertiary/aromatic N) is 1. The number of likely N-dealkylation sites (tertiary alicyclic amines) is 1. The molecule has 1 saturated heterocycles. The van der Waals surface area contributed by atoms with Gasteiger partial charge in [-0.05, 0) is 31.7 Å². The third kappa shape index (κ3) is 4.47. The molecule has 1 aliphatic rings. The Morgan fingerprint density at radius 3 is 2.68 bits per heavy atom. The highest BCUT2D eigenvalue weighted by molar-refractivity contribution is 5.68. The Morgan fingerprint density at radius 1 is 1.36 bits per heavy atom. The first kappa shape index (κ1) is 16.8. The molecular formula is C18H28N2O2. The predicted molar refractivity (Wildman–Crippen MR) is 88.7 cm³/mol. The first-order valence-corrected chi connectivity index (χ1v) is 8.12. The quantitative estimate of drug-likeness (QED) is 0.906. The number of hydrogen-bond acceptors (Lipinski definition) is 3. The smallest absolute Gasteiger partial charge is 0.410 e. The molecule has 1 aromatic rings. The highest BCUT2D eigenvalue weighted by Crippen LogP contribution is 2.20. The molecule has 1 N–H and O–H groups in total. The second kappa shape index (κ2) is 7.14. The van der Waals surface area contributed by atoms with E-state index in [1.165, 1.54) is 0 Å². The van der Waals surface area contributed by atoms with Crippen molar-refractivity contribution in [3.05, 3.63) is 35.9 Å². The summed E-state index contributed by atoms with van der Waals surface area (Å²) in [6, 6.07) is 10.1. The lowest BCUT2D eigenvalue weighted by Gasteiger charge is -2.34. The molecule has 0 spiro atoms. The molecule has 4 nitrogen and oxygen atoms in total. The molecule has 1 aliphatic heterocycles. The lowest BCUT2D eigenvalue weighted by Crippen LogP contribution is -2.50. The fourth-order valence-electron chi connectivity index (χ4n) is 2.55. The van der Waals surface area contributed by atoms with Crippen LogP contribution < -0.4 is 5.32 Å². The summed E-state index contributed by atoms with van der Waals surface area (Å²) in [7, 11) is 0. The van der Waals surface area contributed by atoms with Crippen LogP contribution in [0.1, 0.15) is 39.7 Å². The molecule has 0 bridgehead atoms. The van der Waals surface area contributed by atoms with Crippen molar-refractivity contribution in [2.75, 3.05) is 13.1 Å². The number of carbonyl (C=O) groups excluding carboxylic acids is 1. The molecule has 0 saturated carbocycles. The van der Waals surface area contributed by atoms with E-state index in [0.29, 0.717) is 18.6 Å². The molecule has 1 aromatic carbocycles. The Labute approximate surface area is 133 Å². The average Bonchev–Trinajstić information content (AvgIpc) is 2.93. The normalized spacial score (nSPS) is 18.8. The van der Waals surface area contributed by atoms with Crippen molar-refractivity contribution in [3.8, 4) is 0 Å². The third-order valence-electron chi connectivity index (χ3n) is 4.67. The number of rotatable bonds is 5. The van der Waals surface area contributed by atoms with E-state index in [2.05, 4.69) is 33.0 Å². The minimum absolute atomic E-state index is 0.0780. The van der Waals surface area contributed by atoms with E-state index < -0.39 is 0 Å². The van der Waals surface area contributed by atoms with E-state index in [-0.39, 0.29) is 11.6 Å². The van der Waals surface area contributed by atoms with Crippen LogP contribution >= 0.6 is 0 Å². The van der Waals surface area contributed by atoms with Crippen molar-refractivity contribution in [2.24, 2.45) is 5.92 Å². The van der Waals surface area contributed by atoms with Crippen LogP contribution in [-0.4, -0.2) is 35.7 Å². The Morgan fingerprint density at radius 2 is 2.05 bits per heavy atom. The molecule has 1 fully saturated rings. The lowest BCUT2D eigenvalue weighted by atomic mass is 9.90. The number of ether oxygens (including phenoxy) is 1. The SMILES string of the molecule is CC(C)C(C)(C)NC1CCN(C(=O)OCc2ccccc2)C1. The van der Waals surface area contributed by atoms with Crippen LogP contribution in [0.5, 0.6) is 0 Å². The van der Waals surface area contributed by atoms with Crippen LogP contribution in [0.15, 0.2) is 30.3 Å². The van der Waals surface area contributed by atoms with Crippen LogP contribution in [0.2, 0.25) is 0 Å². The summed E-state index contributed by atoms with van der Waals surface area (Å²) in [5.41, 5.74) is 1.10. The second-order valence-corrected chi connectivity index (χ2v) is 6.99. The first-order chi connectivity index (χ1) is 10.4. The van der Waals surface area contributed by atoms with Gasteiger partial charge in [0.1, 0.15) is 6.61 Å². The molecular weight excluding hydrogens is 276 g/mol. The topological polar surface area (TPSA) is 41.6 Å². The molecule has 1 heterocycles. The van der Waals surface area contributed by atoms with E-state index in [0.717, 1.165) is 25.1 Å². The largest absolute Gasteiger partial charge is 0.445 e. The molecule has 0 aromatic heterocycles. The molecule has 22 heavy (non-hydrogen) atoms. The summed E-state index contributed by atoms with van der Waals surface area (Å²) < 4.78 is 5.40. The number of benzene rings is 1. The third-order valence-corrected chi connectivity index (χ3v) is 4.67. The van der Waals surface area contributed by atoms with Gasteiger partial charge in [0.05, 0.1) is 0 Å². The monoisotopic (exact) mass is 304 g/mol. The van der Waals surface area contributed by atoms with Crippen molar-refractivity contribution >= 4 is 6.09 Å². The van der Waals surface area contributed by atoms with Gasteiger partial charge >= 0.3 is 6.09 Å². The van der Waals surface area contributed by atoms with Gasteiger partial charge in [-0.15, -0.1) is 0 Å². The van der Waals surface area contributed by atoms with Gasteiger partial charge in [0.25, 0.3) is 0 Å². The fourth-order valence-corrected chi connectivity index (χ4v) is 2.55. The van der Waals surface area contributed by atoms with Crippen molar-refractivity contribution in [3.63, 3.8) is 0 Å². The Balaban J connectivity index is 1.79. The molecule has 1 unspecified atom stereocenters. The zero-order valence-electron chi connectivity index (χ0n) is 14.1. The number of hydrogen-bond donors (Lipinski definition) is 1. The zero-order chi connectivity index (χ0) is 16.2. The van der Waals surface area contributed by atoms with E-state index in [1.54, 1.807) is 4.90 Å². The summed E-state index contributed by atoms with van der Waals surface area (Å²) in [5, 5.41) is 3.66. The van der Waals surface area contributed by atoms with Crippen LogP contribution in [0.4, 0.5) is 4.79 Å². The van der Waals surface area contributed by atoms with Crippen LogP contribution in [0, 0.1) is 5.92 Å². The molecule has 1 amide bonds. The minimum atomic E-state index is -0.212. The van der Waals surface area contributed by atoms with Crippen LogP contribution in [0.25, 0.3) is 0 Å². The van der Waals surface area contributed by atoms with E-state index in [4.69, 9.17) is 4.74 Å². The van der Waals surface area contributed by atoms with Crippen LogP contribution in [0.3, 0.4) is 0 Å². The van der Waals surface area contributed by atoms with Gasteiger partial charge in [-0.1, -0.05) is 44.2 Å². The number of amides is 1.